The summed E-state index contributed by atoms with van der Waals surface area (Å²) in [6.45, 7) is 3.00. The molecule has 0 bridgehead atoms. The fourth-order valence-electron chi connectivity index (χ4n) is 2.46. The molecule has 2 aromatic carbocycles. The summed E-state index contributed by atoms with van der Waals surface area (Å²) in [5.74, 6) is -0.213. The van der Waals surface area contributed by atoms with Crippen molar-refractivity contribution >= 4 is 22.5 Å². The average molecular weight is 296 g/mol. The van der Waals surface area contributed by atoms with E-state index in [1.165, 1.54) is 0 Å². The molecule has 5 nitrogen and oxygen atoms in total. The van der Waals surface area contributed by atoms with E-state index in [2.05, 4.69) is 12.2 Å². The smallest absolute Gasteiger partial charge is 0.400 e. The Morgan fingerprint density at radius 2 is 1.86 bits per heavy atom. The Kier molecular flexibility index (Phi) is 3.78. The van der Waals surface area contributed by atoms with Gasteiger partial charge in [-0.2, -0.15) is 0 Å². The summed E-state index contributed by atoms with van der Waals surface area (Å²) in [6.07, 6.45) is 1.04. The lowest BCUT2D eigenvalue weighted by atomic mass is 10.0. The number of nitrogens with one attached hydrogen (secondary N) is 1. The van der Waals surface area contributed by atoms with Crippen molar-refractivity contribution in [2.75, 3.05) is 11.9 Å². The molecule has 3 aromatic rings. The molecule has 22 heavy (non-hydrogen) atoms. The van der Waals surface area contributed by atoms with Gasteiger partial charge in [-0.1, -0.05) is 37.3 Å². The van der Waals surface area contributed by atoms with Crippen LogP contribution in [0.3, 0.4) is 0 Å². The van der Waals surface area contributed by atoms with Crippen LogP contribution in [0.15, 0.2) is 52.9 Å². The lowest BCUT2D eigenvalue weighted by Crippen LogP contribution is -1.98. The summed E-state index contributed by atoms with van der Waals surface area (Å²) in [6, 6.07) is 14.8. The van der Waals surface area contributed by atoms with Crippen LogP contribution in [-0.2, 0) is 0 Å². The number of benzene rings is 2. The van der Waals surface area contributed by atoms with Crippen molar-refractivity contribution in [2.24, 2.45) is 0 Å². The van der Waals surface area contributed by atoms with Crippen molar-refractivity contribution in [3.8, 4) is 11.1 Å². The number of hydrogen-bond donors (Lipinski definition) is 1. The molecule has 0 saturated carbocycles. The first-order valence-electron chi connectivity index (χ1n) is 7.21. The molecule has 0 aliphatic carbocycles. The molecular weight excluding hydrogens is 280 g/mol. The first-order chi connectivity index (χ1) is 10.7. The van der Waals surface area contributed by atoms with Gasteiger partial charge in [0.1, 0.15) is 16.1 Å². The molecule has 5 heteroatoms. The number of nitro groups is 1. The lowest BCUT2D eigenvalue weighted by Gasteiger charge is -2.05. The van der Waals surface area contributed by atoms with Crippen LogP contribution in [0, 0.1) is 10.1 Å². The van der Waals surface area contributed by atoms with Gasteiger partial charge in [0.05, 0.1) is 0 Å². The molecule has 1 aromatic heterocycles. The Morgan fingerprint density at radius 1 is 1.14 bits per heavy atom. The fraction of sp³-hybridized carbons (Fsp3) is 0.176. The molecule has 0 aliphatic heterocycles. The number of anilines is 1. The van der Waals surface area contributed by atoms with Crippen molar-refractivity contribution in [2.45, 2.75) is 13.3 Å². The third kappa shape index (κ3) is 2.53. The van der Waals surface area contributed by atoms with E-state index in [4.69, 9.17) is 4.42 Å². The zero-order valence-electron chi connectivity index (χ0n) is 12.2. The maximum Gasteiger partial charge on any atom is 0.442 e. The summed E-state index contributed by atoms with van der Waals surface area (Å²) in [7, 11) is 0. The van der Waals surface area contributed by atoms with Crippen LogP contribution >= 0.6 is 0 Å². The standard InChI is InChI=1S/C17H16N2O3/c1-2-11-18-13-9-7-12(8-10-13)16-14-5-3-4-6-15(14)22-17(16)19(20)21/h3-10,18H,2,11H2,1H3. The molecule has 0 amide bonds. The third-order valence-corrected chi connectivity index (χ3v) is 3.50. The second-order valence-corrected chi connectivity index (χ2v) is 5.04. The van der Waals surface area contributed by atoms with Crippen molar-refractivity contribution in [1.82, 2.24) is 0 Å². The maximum atomic E-state index is 11.3. The lowest BCUT2D eigenvalue weighted by molar-refractivity contribution is -0.400. The van der Waals surface area contributed by atoms with Gasteiger partial charge in [-0.15, -0.1) is 0 Å². The average Bonchev–Trinajstić information content (AvgIpc) is 2.93. The summed E-state index contributed by atoms with van der Waals surface area (Å²) in [4.78, 5) is 10.8. The second kappa shape index (κ2) is 5.89. The number of fused-ring (bicyclic) bond motifs is 1. The molecule has 0 aliphatic rings. The highest BCUT2D eigenvalue weighted by Gasteiger charge is 2.24. The van der Waals surface area contributed by atoms with E-state index in [1.54, 1.807) is 12.1 Å². The molecule has 0 radical (unpaired) electrons. The van der Waals surface area contributed by atoms with E-state index in [1.807, 2.05) is 36.4 Å². The van der Waals surface area contributed by atoms with Crippen molar-refractivity contribution in [1.29, 1.82) is 0 Å². The summed E-state index contributed by atoms with van der Waals surface area (Å²) in [5.41, 5.74) is 2.83. The van der Waals surface area contributed by atoms with E-state index in [-0.39, 0.29) is 5.88 Å². The monoisotopic (exact) mass is 296 g/mol. The molecule has 3 rings (SSSR count). The Balaban J connectivity index is 2.08. The molecule has 112 valence electrons. The minimum Gasteiger partial charge on any atom is -0.400 e. The number of rotatable bonds is 5. The van der Waals surface area contributed by atoms with E-state index in [0.29, 0.717) is 11.1 Å². The van der Waals surface area contributed by atoms with Gasteiger partial charge in [0.25, 0.3) is 0 Å². The molecular formula is C17H16N2O3. The molecule has 0 unspecified atom stereocenters. The van der Waals surface area contributed by atoms with Crippen LogP contribution < -0.4 is 5.32 Å². The van der Waals surface area contributed by atoms with Crippen LogP contribution in [0.5, 0.6) is 0 Å². The molecule has 1 heterocycles. The SMILES string of the molecule is CCCNc1ccc(-c2c([N+](=O)[O-])oc3ccccc23)cc1. The number of hydrogen-bond acceptors (Lipinski definition) is 4. The highest BCUT2D eigenvalue weighted by Crippen LogP contribution is 2.39. The Bertz CT molecular complexity index is 806. The summed E-state index contributed by atoms with van der Waals surface area (Å²) < 4.78 is 5.40. The quantitative estimate of drug-likeness (QED) is 0.541. The third-order valence-electron chi connectivity index (χ3n) is 3.50. The van der Waals surface area contributed by atoms with Crippen molar-refractivity contribution in [3.63, 3.8) is 0 Å². The van der Waals surface area contributed by atoms with Crippen LogP contribution in [0.2, 0.25) is 0 Å². The predicted octanol–water partition coefficient (Wildman–Crippen LogP) is 4.83. The van der Waals surface area contributed by atoms with Gasteiger partial charge in [-0.05, 0) is 30.2 Å². The first kappa shape index (κ1) is 14.1. The largest absolute Gasteiger partial charge is 0.442 e. The van der Waals surface area contributed by atoms with E-state index >= 15 is 0 Å². The van der Waals surface area contributed by atoms with E-state index in [0.717, 1.165) is 29.6 Å². The fourth-order valence-corrected chi connectivity index (χ4v) is 2.46. The topological polar surface area (TPSA) is 68.3 Å². The van der Waals surface area contributed by atoms with Gasteiger partial charge in [0, 0.05) is 17.6 Å². The van der Waals surface area contributed by atoms with Gasteiger partial charge in [-0.3, -0.25) is 10.1 Å². The Morgan fingerprint density at radius 3 is 2.55 bits per heavy atom. The number of para-hydroxylation sites is 1. The predicted molar refractivity (Wildman–Crippen MR) is 87.1 cm³/mol. The van der Waals surface area contributed by atoms with Gasteiger partial charge in [-0.25, -0.2) is 0 Å². The zero-order valence-corrected chi connectivity index (χ0v) is 12.2. The van der Waals surface area contributed by atoms with Crippen LogP contribution in [0.25, 0.3) is 22.1 Å². The minimum absolute atomic E-state index is 0.213. The summed E-state index contributed by atoms with van der Waals surface area (Å²) >= 11 is 0. The van der Waals surface area contributed by atoms with Crippen molar-refractivity contribution < 1.29 is 9.34 Å². The zero-order chi connectivity index (χ0) is 15.5. The highest BCUT2D eigenvalue weighted by molar-refractivity contribution is 5.98. The maximum absolute atomic E-state index is 11.3. The first-order valence-corrected chi connectivity index (χ1v) is 7.21. The minimum atomic E-state index is -0.474. The van der Waals surface area contributed by atoms with Gasteiger partial charge in [0.15, 0.2) is 0 Å². The van der Waals surface area contributed by atoms with Crippen LogP contribution in [0.1, 0.15) is 13.3 Å². The van der Waals surface area contributed by atoms with Gasteiger partial charge >= 0.3 is 5.88 Å². The Labute approximate surface area is 127 Å². The van der Waals surface area contributed by atoms with Gasteiger partial charge < -0.3 is 9.73 Å². The number of nitrogens with zero attached hydrogens (tertiary/aromatic N) is 1. The second-order valence-electron chi connectivity index (χ2n) is 5.04. The molecule has 0 saturated heterocycles. The van der Waals surface area contributed by atoms with Crippen molar-refractivity contribution in [3.05, 3.63) is 58.6 Å². The Hall–Kier alpha value is -2.82. The van der Waals surface area contributed by atoms with Crippen LogP contribution in [0.4, 0.5) is 11.6 Å². The van der Waals surface area contributed by atoms with Crippen LogP contribution in [-0.4, -0.2) is 11.5 Å². The van der Waals surface area contributed by atoms with Gasteiger partial charge in [0.2, 0.25) is 0 Å². The molecule has 1 N–H and O–H groups in total. The summed E-state index contributed by atoms with van der Waals surface area (Å²) in [5, 5.41) is 15.3. The van der Waals surface area contributed by atoms with E-state index < -0.39 is 4.92 Å². The normalized spacial score (nSPS) is 10.8. The van der Waals surface area contributed by atoms with E-state index in [9.17, 15) is 10.1 Å². The molecule has 0 atom stereocenters. The molecule has 0 spiro atoms. The highest BCUT2D eigenvalue weighted by atomic mass is 16.6. The molecule has 0 fully saturated rings. The number of furan rings is 1.